The standard InChI is InChI=1S/C13H14F3NO2/c14-10-2-1-9(7-11(10)18)8-12(19)17-5-3-13(15,16)4-6-17/h1-2,7,18H,3-6,8H2. The molecule has 1 amide bonds. The molecule has 0 saturated carbocycles. The number of carbonyl (C=O) groups excluding carboxylic acids is 1. The third-order valence-electron chi connectivity index (χ3n) is 3.21. The van der Waals surface area contributed by atoms with Gasteiger partial charge < -0.3 is 10.0 Å². The molecule has 1 aromatic rings. The lowest BCUT2D eigenvalue weighted by Crippen LogP contribution is -2.43. The third kappa shape index (κ3) is 3.39. The first-order chi connectivity index (χ1) is 8.87. The number of carbonyl (C=O) groups is 1. The maximum absolute atomic E-state index is 13.0. The van der Waals surface area contributed by atoms with Gasteiger partial charge >= 0.3 is 0 Å². The predicted molar refractivity (Wildman–Crippen MR) is 62.5 cm³/mol. The molecule has 0 bridgehead atoms. The number of phenolic OH excluding ortho intramolecular Hbond substituents is 1. The number of benzene rings is 1. The molecule has 2 rings (SSSR count). The molecule has 0 aromatic heterocycles. The van der Waals surface area contributed by atoms with Crippen LogP contribution in [0.1, 0.15) is 18.4 Å². The summed E-state index contributed by atoms with van der Waals surface area (Å²) in [6.45, 7) is 0.0536. The van der Waals surface area contributed by atoms with E-state index in [-0.39, 0.29) is 38.3 Å². The molecule has 0 atom stereocenters. The van der Waals surface area contributed by atoms with Crippen molar-refractivity contribution in [2.45, 2.75) is 25.2 Å². The van der Waals surface area contributed by atoms with Crippen LogP contribution in [0, 0.1) is 5.82 Å². The fraction of sp³-hybridized carbons (Fsp3) is 0.462. The number of likely N-dealkylation sites (tertiary alicyclic amines) is 1. The summed E-state index contributed by atoms with van der Waals surface area (Å²) in [7, 11) is 0. The lowest BCUT2D eigenvalue weighted by Gasteiger charge is -2.31. The molecule has 1 N–H and O–H groups in total. The first-order valence-electron chi connectivity index (χ1n) is 6.00. The third-order valence-corrected chi connectivity index (χ3v) is 3.21. The van der Waals surface area contributed by atoms with Crippen LogP contribution in [0.3, 0.4) is 0 Å². The van der Waals surface area contributed by atoms with Gasteiger partial charge in [-0.1, -0.05) is 6.07 Å². The first-order valence-corrected chi connectivity index (χ1v) is 6.00. The zero-order valence-electron chi connectivity index (χ0n) is 10.2. The molecule has 1 aromatic carbocycles. The highest BCUT2D eigenvalue weighted by Gasteiger charge is 2.35. The van der Waals surface area contributed by atoms with E-state index in [1.807, 2.05) is 0 Å². The highest BCUT2D eigenvalue weighted by atomic mass is 19.3. The zero-order valence-corrected chi connectivity index (χ0v) is 10.2. The second kappa shape index (κ2) is 5.11. The molecule has 6 heteroatoms. The van der Waals surface area contributed by atoms with Gasteiger partial charge in [0, 0.05) is 25.9 Å². The van der Waals surface area contributed by atoms with Gasteiger partial charge in [0.1, 0.15) is 0 Å². The number of rotatable bonds is 2. The number of phenols is 1. The number of alkyl halides is 2. The Bertz CT molecular complexity index is 481. The molecule has 3 nitrogen and oxygen atoms in total. The molecule has 1 saturated heterocycles. The highest BCUT2D eigenvalue weighted by Crippen LogP contribution is 2.28. The average molecular weight is 273 g/mol. The molecule has 1 aliphatic rings. The summed E-state index contributed by atoms with van der Waals surface area (Å²) in [5, 5.41) is 9.19. The normalized spacial score (nSPS) is 18.4. The minimum Gasteiger partial charge on any atom is -0.505 e. The Labute approximate surface area is 108 Å². The van der Waals surface area contributed by atoms with Gasteiger partial charge in [0.2, 0.25) is 5.91 Å². The second-order valence-corrected chi connectivity index (χ2v) is 4.70. The van der Waals surface area contributed by atoms with Crippen molar-refractivity contribution in [3.63, 3.8) is 0 Å². The Morgan fingerprint density at radius 2 is 1.95 bits per heavy atom. The fourth-order valence-electron chi connectivity index (χ4n) is 2.04. The largest absolute Gasteiger partial charge is 0.505 e. The van der Waals surface area contributed by atoms with Gasteiger partial charge in [-0.05, 0) is 17.7 Å². The Morgan fingerprint density at radius 3 is 2.53 bits per heavy atom. The summed E-state index contributed by atoms with van der Waals surface area (Å²) < 4.78 is 38.8. The number of aromatic hydroxyl groups is 1. The van der Waals surface area contributed by atoms with Gasteiger partial charge in [-0.25, -0.2) is 13.2 Å². The molecule has 0 radical (unpaired) electrons. The summed E-state index contributed by atoms with van der Waals surface area (Å²) in [5.41, 5.74) is 0.459. The Balaban J connectivity index is 1.96. The molecule has 0 unspecified atom stereocenters. The number of hydrogen-bond donors (Lipinski definition) is 1. The van der Waals surface area contributed by atoms with E-state index >= 15 is 0 Å². The number of piperidine rings is 1. The van der Waals surface area contributed by atoms with E-state index < -0.39 is 17.5 Å². The van der Waals surface area contributed by atoms with Crippen LogP contribution >= 0.6 is 0 Å². The van der Waals surface area contributed by atoms with Gasteiger partial charge in [-0.2, -0.15) is 0 Å². The van der Waals surface area contributed by atoms with E-state index in [4.69, 9.17) is 0 Å². The summed E-state index contributed by atoms with van der Waals surface area (Å²) in [6, 6.07) is 3.64. The highest BCUT2D eigenvalue weighted by molar-refractivity contribution is 5.79. The van der Waals surface area contributed by atoms with E-state index in [1.165, 1.54) is 17.0 Å². The van der Waals surface area contributed by atoms with Crippen LogP contribution in [-0.2, 0) is 11.2 Å². The van der Waals surface area contributed by atoms with Crippen LogP contribution in [0.25, 0.3) is 0 Å². The van der Waals surface area contributed by atoms with Gasteiger partial charge in [0.15, 0.2) is 11.6 Å². The predicted octanol–water partition coefficient (Wildman–Crippen LogP) is 2.33. The van der Waals surface area contributed by atoms with E-state index in [1.54, 1.807) is 0 Å². The molecule has 1 heterocycles. The van der Waals surface area contributed by atoms with E-state index in [0.717, 1.165) is 6.07 Å². The Hall–Kier alpha value is -1.72. The molecule has 0 aliphatic carbocycles. The molecular formula is C13H14F3NO2. The number of nitrogens with zero attached hydrogens (tertiary/aromatic N) is 1. The van der Waals surface area contributed by atoms with Crippen LogP contribution in [0.5, 0.6) is 5.75 Å². The smallest absolute Gasteiger partial charge is 0.251 e. The number of hydrogen-bond acceptors (Lipinski definition) is 2. The fourth-order valence-corrected chi connectivity index (χ4v) is 2.04. The van der Waals surface area contributed by atoms with Crippen molar-refractivity contribution in [1.29, 1.82) is 0 Å². The molecule has 19 heavy (non-hydrogen) atoms. The Morgan fingerprint density at radius 1 is 1.32 bits per heavy atom. The van der Waals surface area contributed by atoms with Crippen molar-refractivity contribution < 1.29 is 23.1 Å². The quantitative estimate of drug-likeness (QED) is 0.898. The summed E-state index contributed by atoms with van der Waals surface area (Å²) in [5.74, 6) is -4.25. The van der Waals surface area contributed by atoms with Gasteiger partial charge in [-0.3, -0.25) is 4.79 Å². The topological polar surface area (TPSA) is 40.5 Å². The second-order valence-electron chi connectivity index (χ2n) is 4.70. The van der Waals surface area contributed by atoms with E-state index in [9.17, 15) is 23.1 Å². The summed E-state index contributed by atoms with van der Waals surface area (Å²) in [4.78, 5) is 13.3. The molecule has 1 fully saturated rings. The maximum Gasteiger partial charge on any atom is 0.251 e. The average Bonchev–Trinajstić information content (AvgIpc) is 2.33. The monoisotopic (exact) mass is 273 g/mol. The first kappa shape index (κ1) is 13.7. The van der Waals surface area contributed by atoms with Crippen molar-refractivity contribution in [2.75, 3.05) is 13.1 Å². The number of amides is 1. The van der Waals surface area contributed by atoms with Gasteiger partial charge in [0.05, 0.1) is 6.42 Å². The van der Waals surface area contributed by atoms with Crippen LogP contribution in [0.15, 0.2) is 18.2 Å². The lowest BCUT2D eigenvalue weighted by molar-refractivity contribution is -0.136. The lowest BCUT2D eigenvalue weighted by atomic mass is 10.1. The summed E-state index contributed by atoms with van der Waals surface area (Å²) in [6.07, 6.45) is -0.680. The SMILES string of the molecule is O=C(Cc1ccc(F)c(O)c1)N1CCC(F)(F)CC1. The molecule has 104 valence electrons. The molecular weight excluding hydrogens is 259 g/mol. The van der Waals surface area contributed by atoms with Crippen molar-refractivity contribution in [3.05, 3.63) is 29.6 Å². The van der Waals surface area contributed by atoms with E-state index in [2.05, 4.69) is 0 Å². The minimum absolute atomic E-state index is 0.0268. The van der Waals surface area contributed by atoms with Crippen LogP contribution in [0.2, 0.25) is 0 Å². The number of halogens is 3. The van der Waals surface area contributed by atoms with Gasteiger partial charge in [-0.15, -0.1) is 0 Å². The zero-order chi connectivity index (χ0) is 14.0. The van der Waals surface area contributed by atoms with Crippen molar-refractivity contribution >= 4 is 5.91 Å². The van der Waals surface area contributed by atoms with Crippen molar-refractivity contribution in [1.82, 2.24) is 4.90 Å². The van der Waals surface area contributed by atoms with Crippen LogP contribution < -0.4 is 0 Å². The van der Waals surface area contributed by atoms with Crippen molar-refractivity contribution in [3.8, 4) is 5.75 Å². The molecule has 0 spiro atoms. The Kier molecular flexibility index (Phi) is 3.68. The van der Waals surface area contributed by atoms with Crippen LogP contribution in [0.4, 0.5) is 13.2 Å². The van der Waals surface area contributed by atoms with Crippen molar-refractivity contribution in [2.24, 2.45) is 0 Å². The molecule has 1 aliphatic heterocycles. The van der Waals surface area contributed by atoms with Gasteiger partial charge in [0.25, 0.3) is 5.92 Å². The van der Waals surface area contributed by atoms with Crippen LogP contribution in [-0.4, -0.2) is 34.9 Å². The minimum atomic E-state index is -2.69. The maximum atomic E-state index is 13.0. The van der Waals surface area contributed by atoms with E-state index in [0.29, 0.717) is 5.56 Å². The summed E-state index contributed by atoms with van der Waals surface area (Å²) >= 11 is 0.